The van der Waals surface area contributed by atoms with Crippen LogP contribution in [0.5, 0.6) is 0 Å². The first-order valence-electron chi connectivity index (χ1n) is 9.14. The molecular formula is C17H31N3O. The van der Waals surface area contributed by atoms with Crippen LogP contribution >= 0.6 is 0 Å². The Hall–Kier alpha value is -0.160. The summed E-state index contributed by atoms with van der Waals surface area (Å²) in [6.07, 6.45) is 8.33. The van der Waals surface area contributed by atoms with Crippen LogP contribution in [0.3, 0.4) is 0 Å². The Bertz CT molecular complexity index is 354. The van der Waals surface area contributed by atoms with Crippen molar-refractivity contribution < 1.29 is 4.74 Å². The van der Waals surface area contributed by atoms with Crippen molar-refractivity contribution in [3.8, 4) is 0 Å². The zero-order chi connectivity index (χ0) is 14.2. The summed E-state index contributed by atoms with van der Waals surface area (Å²) in [4.78, 5) is 2.75. The highest BCUT2D eigenvalue weighted by Gasteiger charge is 2.41. The molecule has 2 aliphatic heterocycles. The molecule has 4 nitrogen and oxygen atoms in total. The normalized spacial score (nSPS) is 45.3. The van der Waals surface area contributed by atoms with Crippen LogP contribution in [0.1, 0.15) is 45.4 Å². The molecule has 2 aliphatic carbocycles. The van der Waals surface area contributed by atoms with Crippen LogP contribution in [0.4, 0.5) is 0 Å². The largest absolute Gasteiger partial charge is 0.379 e. The molecule has 0 spiro atoms. The van der Waals surface area contributed by atoms with Crippen molar-refractivity contribution in [2.75, 3.05) is 26.3 Å². The third-order valence-electron chi connectivity index (χ3n) is 6.13. The molecule has 0 aromatic rings. The number of hydrogen-bond acceptors (Lipinski definition) is 4. The van der Waals surface area contributed by atoms with Gasteiger partial charge in [0.2, 0.25) is 0 Å². The van der Waals surface area contributed by atoms with Gasteiger partial charge in [0.05, 0.1) is 13.2 Å². The lowest BCUT2D eigenvalue weighted by atomic mass is 9.93. The molecule has 2 N–H and O–H groups in total. The second-order valence-corrected chi connectivity index (χ2v) is 7.71. The van der Waals surface area contributed by atoms with Gasteiger partial charge in [-0.3, -0.25) is 4.90 Å². The molecule has 21 heavy (non-hydrogen) atoms. The highest BCUT2D eigenvalue weighted by atomic mass is 16.5. The van der Waals surface area contributed by atoms with Crippen LogP contribution in [0.25, 0.3) is 0 Å². The van der Waals surface area contributed by atoms with Gasteiger partial charge in [-0.25, -0.2) is 0 Å². The number of likely N-dealkylation sites (tertiary alicyclic amines) is 1. The van der Waals surface area contributed by atoms with Crippen LogP contribution in [0, 0.1) is 5.92 Å². The van der Waals surface area contributed by atoms with Gasteiger partial charge in [-0.2, -0.15) is 0 Å². The Balaban J connectivity index is 1.33. The maximum absolute atomic E-state index is 5.69. The summed E-state index contributed by atoms with van der Waals surface area (Å²) in [7, 11) is 0. The van der Waals surface area contributed by atoms with E-state index in [1.165, 1.54) is 45.1 Å². The van der Waals surface area contributed by atoms with Crippen molar-refractivity contribution in [2.24, 2.45) is 5.92 Å². The summed E-state index contributed by atoms with van der Waals surface area (Å²) in [6.45, 7) is 6.53. The van der Waals surface area contributed by atoms with Crippen LogP contribution in [0.2, 0.25) is 0 Å². The molecule has 5 unspecified atom stereocenters. The monoisotopic (exact) mass is 293 g/mol. The minimum atomic E-state index is 0.581. The molecule has 4 heteroatoms. The fourth-order valence-corrected chi connectivity index (χ4v) is 4.93. The quantitative estimate of drug-likeness (QED) is 0.820. The molecule has 0 amide bonds. The lowest BCUT2D eigenvalue weighted by Crippen LogP contribution is -2.52. The molecule has 0 aromatic carbocycles. The van der Waals surface area contributed by atoms with Gasteiger partial charge >= 0.3 is 0 Å². The van der Waals surface area contributed by atoms with Crippen molar-refractivity contribution in [3.05, 3.63) is 0 Å². The summed E-state index contributed by atoms with van der Waals surface area (Å²) < 4.78 is 5.69. The summed E-state index contributed by atoms with van der Waals surface area (Å²) >= 11 is 0. The van der Waals surface area contributed by atoms with Crippen molar-refractivity contribution >= 4 is 0 Å². The smallest absolute Gasteiger partial charge is 0.0623 e. The average molecular weight is 293 g/mol. The van der Waals surface area contributed by atoms with Crippen LogP contribution in [-0.2, 0) is 4.74 Å². The highest BCUT2D eigenvalue weighted by molar-refractivity contribution is 4.99. The molecule has 2 saturated carbocycles. The van der Waals surface area contributed by atoms with Gasteiger partial charge in [0.25, 0.3) is 0 Å². The average Bonchev–Trinajstić information content (AvgIpc) is 3.13. The van der Waals surface area contributed by atoms with Gasteiger partial charge in [-0.1, -0.05) is 6.42 Å². The van der Waals surface area contributed by atoms with E-state index in [-0.39, 0.29) is 0 Å². The third kappa shape index (κ3) is 3.14. The standard InChI is InChI=1S/C17H31N3O/c1-12-9-13(10-20(12)14-5-6-14)19-16-4-2-3-15(16)17-11-21-8-7-18-17/h12-19H,2-11H2,1H3. The van der Waals surface area contributed by atoms with E-state index in [9.17, 15) is 0 Å². The maximum atomic E-state index is 5.69. The highest BCUT2D eigenvalue weighted by Crippen LogP contribution is 2.35. The first-order chi connectivity index (χ1) is 10.3. The number of hydrogen-bond donors (Lipinski definition) is 2. The number of morpholine rings is 1. The van der Waals surface area contributed by atoms with Gasteiger partial charge in [-0.15, -0.1) is 0 Å². The van der Waals surface area contributed by atoms with E-state index >= 15 is 0 Å². The van der Waals surface area contributed by atoms with Crippen LogP contribution in [-0.4, -0.2) is 61.4 Å². The first-order valence-corrected chi connectivity index (χ1v) is 9.14. The van der Waals surface area contributed by atoms with E-state index < -0.39 is 0 Å². The molecule has 0 bridgehead atoms. The zero-order valence-electron chi connectivity index (χ0n) is 13.4. The Labute approximate surface area is 129 Å². The Morgan fingerprint density at radius 2 is 2.10 bits per heavy atom. The van der Waals surface area contributed by atoms with Crippen LogP contribution < -0.4 is 10.6 Å². The minimum absolute atomic E-state index is 0.581. The lowest BCUT2D eigenvalue weighted by Gasteiger charge is -2.34. The van der Waals surface area contributed by atoms with E-state index in [2.05, 4.69) is 22.5 Å². The summed E-state index contributed by atoms with van der Waals surface area (Å²) in [5.74, 6) is 0.774. The van der Waals surface area contributed by atoms with E-state index in [0.29, 0.717) is 12.1 Å². The second kappa shape index (κ2) is 6.15. The SMILES string of the molecule is CC1CC(NC2CCCC2C2COCCN2)CN1C1CC1. The van der Waals surface area contributed by atoms with Gasteiger partial charge in [0.15, 0.2) is 0 Å². The second-order valence-electron chi connectivity index (χ2n) is 7.71. The molecular weight excluding hydrogens is 262 g/mol. The molecule has 2 saturated heterocycles. The maximum Gasteiger partial charge on any atom is 0.0623 e. The lowest BCUT2D eigenvalue weighted by molar-refractivity contribution is 0.0517. The van der Waals surface area contributed by atoms with Crippen molar-refractivity contribution in [1.29, 1.82) is 0 Å². The predicted octanol–water partition coefficient (Wildman–Crippen LogP) is 1.36. The Kier molecular flexibility index (Phi) is 4.23. The van der Waals surface area contributed by atoms with Gasteiger partial charge in [0.1, 0.15) is 0 Å². The predicted molar refractivity (Wildman–Crippen MR) is 84.5 cm³/mol. The van der Waals surface area contributed by atoms with Crippen molar-refractivity contribution in [1.82, 2.24) is 15.5 Å². The van der Waals surface area contributed by atoms with Crippen LogP contribution in [0.15, 0.2) is 0 Å². The Morgan fingerprint density at radius 1 is 1.19 bits per heavy atom. The molecule has 4 rings (SSSR count). The summed E-state index contributed by atoms with van der Waals surface area (Å²) in [5.41, 5.74) is 0. The summed E-state index contributed by atoms with van der Waals surface area (Å²) in [5, 5.41) is 7.72. The van der Waals surface area contributed by atoms with Crippen molar-refractivity contribution in [2.45, 2.75) is 75.7 Å². The molecule has 4 aliphatic rings. The molecule has 5 atom stereocenters. The zero-order valence-corrected chi connectivity index (χ0v) is 13.4. The molecule has 0 aromatic heterocycles. The topological polar surface area (TPSA) is 36.5 Å². The number of ether oxygens (including phenoxy) is 1. The van der Waals surface area contributed by atoms with E-state index in [0.717, 1.165) is 43.8 Å². The number of nitrogens with one attached hydrogen (secondary N) is 2. The molecule has 0 radical (unpaired) electrons. The summed E-state index contributed by atoms with van der Waals surface area (Å²) in [6, 6.07) is 3.71. The number of rotatable bonds is 4. The minimum Gasteiger partial charge on any atom is -0.379 e. The number of nitrogens with zero attached hydrogens (tertiary/aromatic N) is 1. The van der Waals surface area contributed by atoms with E-state index in [1.807, 2.05) is 0 Å². The van der Waals surface area contributed by atoms with Crippen molar-refractivity contribution in [3.63, 3.8) is 0 Å². The fourth-order valence-electron chi connectivity index (χ4n) is 4.93. The molecule has 2 heterocycles. The van der Waals surface area contributed by atoms with Gasteiger partial charge < -0.3 is 15.4 Å². The third-order valence-corrected chi connectivity index (χ3v) is 6.13. The van der Waals surface area contributed by atoms with E-state index in [4.69, 9.17) is 4.74 Å². The van der Waals surface area contributed by atoms with E-state index in [1.54, 1.807) is 0 Å². The fraction of sp³-hybridized carbons (Fsp3) is 1.00. The van der Waals surface area contributed by atoms with Gasteiger partial charge in [0, 0.05) is 43.3 Å². The van der Waals surface area contributed by atoms with Gasteiger partial charge in [-0.05, 0) is 44.9 Å². The molecule has 120 valence electrons. The molecule has 4 fully saturated rings. The Morgan fingerprint density at radius 3 is 2.86 bits per heavy atom. The first kappa shape index (κ1) is 14.4.